The number of anilines is 1. The summed E-state index contributed by atoms with van der Waals surface area (Å²) in [6.07, 6.45) is 3.74. The van der Waals surface area contributed by atoms with Gasteiger partial charge in [-0.1, -0.05) is 6.07 Å². The number of nitrogens with two attached hydrogens (primary N) is 1. The fourth-order valence-electron chi connectivity index (χ4n) is 1.89. The maximum atomic E-state index is 13.3. The van der Waals surface area contributed by atoms with Crippen molar-refractivity contribution in [2.24, 2.45) is 5.73 Å². The minimum Gasteiger partial charge on any atom is -0.330 e. The monoisotopic (exact) mass is 273 g/mol. The Hall–Kier alpha value is -2.27. The minimum absolute atomic E-state index is 0.211. The first-order valence-electron chi connectivity index (χ1n) is 6.40. The van der Waals surface area contributed by atoms with Crippen LogP contribution in [0.25, 0.3) is 0 Å². The molecule has 0 aliphatic carbocycles. The molecule has 20 heavy (non-hydrogen) atoms. The summed E-state index contributed by atoms with van der Waals surface area (Å²) in [5, 5.41) is 0. The lowest BCUT2D eigenvalue weighted by atomic mass is 10.2. The third-order valence-electron chi connectivity index (χ3n) is 2.86. The van der Waals surface area contributed by atoms with Gasteiger partial charge in [-0.15, -0.1) is 0 Å². The van der Waals surface area contributed by atoms with Crippen molar-refractivity contribution in [3.63, 3.8) is 0 Å². The molecule has 104 valence electrons. The van der Waals surface area contributed by atoms with Crippen LogP contribution in [0.2, 0.25) is 0 Å². The van der Waals surface area contributed by atoms with Crippen LogP contribution in [0.5, 0.6) is 0 Å². The Morgan fingerprint density at radius 3 is 2.80 bits per heavy atom. The van der Waals surface area contributed by atoms with Gasteiger partial charge < -0.3 is 10.6 Å². The van der Waals surface area contributed by atoms with Crippen molar-refractivity contribution < 1.29 is 9.18 Å². The van der Waals surface area contributed by atoms with E-state index in [-0.39, 0.29) is 11.7 Å². The zero-order valence-corrected chi connectivity index (χ0v) is 11.0. The van der Waals surface area contributed by atoms with Crippen molar-refractivity contribution in [2.75, 3.05) is 18.0 Å². The van der Waals surface area contributed by atoms with E-state index in [0.717, 1.165) is 0 Å². The molecule has 0 radical (unpaired) electrons. The lowest BCUT2D eigenvalue weighted by Gasteiger charge is -2.22. The molecule has 0 fully saturated rings. The van der Waals surface area contributed by atoms with Gasteiger partial charge in [-0.25, -0.2) is 4.39 Å². The average molecular weight is 273 g/mol. The Labute approximate surface area is 117 Å². The second-order valence-corrected chi connectivity index (χ2v) is 4.32. The van der Waals surface area contributed by atoms with Gasteiger partial charge in [0.05, 0.1) is 5.56 Å². The number of hydrogen-bond donors (Lipinski definition) is 1. The van der Waals surface area contributed by atoms with Gasteiger partial charge in [-0.05, 0) is 43.3 Å². The standard InChI is InChI=1S/C15H16FN3O/c16-13-5-1-6-14(10-13)19(9-3-7-17)15(20)12-4-2-8-18-11-12/h1-2,4-6,8,10-11H,3,7,9,17H2. The number of carbonyl (C=O) groups excluding carboxylic acids is 1. The SMILES string of the molecule is NCCCN(C(=O)c1cccnc1)c1cccc(F)c1. The molecule has 1 aromatic heterocycles. The molecule has 0 aliphatic rings. The van der Waals surface area contributed by atoms with E-state index in [1.807, 2.05) is 0 Å². The van der Waals surface area contributed by atoms with E-state index in [0.29, 0.717) is 30.8 Å². The molecule has 0 saturated carbocycles. The van der Waals surface area contributed by atoms with Gasteiger partial charge in [0, 0.05) is 24.6 Å². The summed E-state index contributed by atoms with van der Waals surface area (Å²) in [6.45, 7) is 0.903. The summed E-state index contributed by atoms with van der Waals surface area (Å²) >= 11 is 0. The van der Waals surface area contributed by atoms with Crippen LogP contribution in [0, 0.1) is 5.82 Å². The highest BCUT2D eigenvalue weighted by Crippen LogP contribution is 2.18. The third-order valence-corrected chi connectivity index (χ3v) is 2.86. The van der Waals surface area contributed by atoms with Crippen LogP contribution in [0.4, 0.5) is 10.1 Å². The molecular formula is C15H16FN3O. The van der Waals surface area contributed by atoms with Gasteiger partial charge in [-0.3, -0.25) is 9.78 Å². The zero-order valence-electron chi connectivity index (χ0n) is 11.0. The lowest BCUT2D eigenvalue weighted by molar-refractivity contribution is 0.0986. The first kappa shape index (κ1) is 14.1. The van der Waals surface area contributed by atoms with E-state index >= 15 is 0 Å². The summed E-state index contributed by atoms with van der Waals surface area (Å²) in [5.41, 5.74) is 6.49. The number of rotatable bonds is 5. The topological polar surface area (TPSA) is 59.2 Å². The molecule has 0 aliphatic heterocycles. The van der Waals surface area contributed by atoms with Crippen LogP contribution in [-0.2, 0) is 0 Å². The number of nitrogens with zero attached hydrogens (tertiary/aromatic N) is 2. The molecule has 0 atom stereocenters. The molecule has 0 spiro atoms. The first-order chi connectivity index (χ1) is 9.72. The average Bonchev–Trinajstić information content (AvgIpc) is 2.48. The van der Waals surface area contributed by atoms with Crippen LogP contribution < -0.4 is 10.6 Å². The Balaban J connectivity index is 2.30. The molecule has 0 unspecified atom stereocenters. The lowest BCUT2D eigenvalue weighted by Crippen LogP contribution is -2.33. The second kappa shape index (κ2) is 6.77. The van der Waals surface area contributed by atoms with Crippen LogP contribution in [0.3, 0.4) is 0 Å². The van der Waals surface area contributed by atoms with Gasteiger partial charge in [0.15, 0.2) is 0 Å². The van der Waals surface area contributed by atoms with Crippen molar-refractivity contribution in [1.82, 2.24) is 4.98 Å². The van der Waals surface area contributed by atoms with Crippen LogP contribution >= 0.6 is 0 Å². The van der Waals surface area contributed by atoms with Gasteiger partial charge in [0.1, 0.15) is 5.82 Å². The highest BCUT2D eigenvalue weighted by Gasteiger charge is 2.17. The molecule has 2 N–H and O–H groups in total. The first-order valence-corrected chi connectivity index (χ1v) is 6.40. The van der Waals surface area contributed by atoms with E-state index in [1.54, 1.807) is 30.5 Å². The van der Waals surface area contributed by atoms with Gasteiger partial charge in [0.2, 0.25) is 0 Å². The fraction of sp³-hybridized carbons (Fsp3) is 0.200. The number of pyridine rings is 1. The number of carbonyl (C=O) groups is 1. The number of amides is 1. The van der Waals surface area contributed by atoms with Gasteiger partial charge in [-0.2, -0.15) is 0 Å². The molecule has 2 rings (SSSR count). The summed E-state index contributed by atoms with van der Waals surface area (Å²) in [6, 6.07) is 9.35. The molecule has 5 heteroatoms. The molecule has 2 aromatic rings. The second-order valence-electron chi connectivity index (χ2n) is 4.32. The third kappa shape index (κ3) is 3.39. The number of benzene rings is 1. The predicted molar refractivity (Wildman–Crippen MR) is 76.0 cm³/mol. The normalized spacial score (nSPS) is 10.3. The number of hydrogen-bond acceptors (Lipinski definition) is 3. The van der Waals surface area contributed by atoms with Gasteiger partial charge >= 0.3 is 0 Å². The highest BCUT2D eigenvalue weighted by atomic mass is 19.1. The van der Waals surface area contributed by atoms with Crippen LogP contribution in [0.15, 0.2) is 48.8 Å². The number of halogens is 1. The number of aromatic nitrogens is 1. The van der Waals surface area contributed by atoms with E-state index in [9.17, 15) is 9.18 Å². The molecule has 0 bridgehead atoms. The summed E-state index contributed by atoms with van der Waals surface area (Å²) < 4.78 is 13.3. The van der Waals surface area contributed by atoms with Crippen molar-refractivity contribution in [3.05, 3.63) is 60.2 Å². The highest BCUT2D eigenvalue weighted by molar-refractivity contribution is 6.05. The zero-order chi connectivity index (χ0) is 14.4. The molecular weight excluding hydrogens is 257 g/mol. The summed E-state index contributed by atoms with van der Waals surface area (Å²) in [7, 11) is 0. The van der Waals surface area contributed by atoms with Crippen molar-refractivity contribution in [3.8, 4) is 0 Å². The Kier molecular flexibility index (Phi) is 4.79. The van der Waals surface area contributed by atoms with Crippen LogP contribution in [-0.4, -0.2) is 24.0 Å². The van der Waals surface area contributed by atoms with E-state index in [1.165, 1.54) is 23.2 Å². The van der Waals surface area contributed by atoms with Gasteiger partial charge in [0.25, 0.3) is 5.91 Å². The quantitative estimate of drug-likeness (QED) is 0.908. The van der Waals surface area contributed by atoms with E-state index in [4.69, 9.17) is 5.73 Å². The van der Waals surface area contributed by atoms with Crippen molar-refractivity contribution in [2.45, 2.75) is 6.42 Å². The van der Waals surface area contributed by atoms with E-state index in [2.05, 4.69) is 4.98 Å². The Bertz CT molecular complexity index is 574. The smallest absolute Gasteiger partial charge is 0.259 e. The Morgan fingerprint density at radius 1 is 1.30 bits per heavy atom. The van der Waals surface area contributed by atoms with Crippen LogP contribution in [0.1, 0.15) is 16.8 Å². The van der Waals surface area contributed by atoms with Crippen molar-refractivity contribution >= 4 is 11.6 Å². The molecule has 0 saturated heterocycles. The molecule has 1 amide bonds. The minimum atomic E-state index is -0.376. The molecule has 1 aromatic carbocycles. The maximum absolute atomic E-state index is 13.3. The summed E-state index contributed by atoms with van der Waals surface area (Å²) in [5.74, 6) is -0.587. The predicted octanol–water partition coefficient (Wildman–Crippen LogP) is 2.22. The molecule has 1 heterocycles. The van der Waals surface area contributed by atoms with Crippen molar-refractivity contribution in [1.29, 1.82) is 0 Å². The fourth-order valence-corrected chi connectivity index (χ4v) is 1.89. The maximum Gasteiger partial charge on any atom is 0.259 e. The molecule has 4 nitrogen and oxygen atoms in total. The largest absolute Gasteiger partial charge is 0.330 e. The van der Waals surface area contributed by atoms with E-state index < -0.39 is 0 Å². The summed E-state index contributed by atoms with van der Waals surface area (Å²) in [4.78, 5) is 17.9. The Morgan fingerprint density at radius 2 is 2.15 bits per heavy atom.